The summed E-state index contributed by atoms with van der Waals surface area (Å²) < 4.78 is 39.1. The zero-order valence-electron chi connectivity index (χ0n) is 18.7. The Bertz CT molecular complexity index is 1130. The number of nitrogens with one attached hydrogen (secondary N) is 1. The predicted octanol–water partition coefficient (Wildman–Crippen LogP) is 1.88. The van der Waals surface area contributed by atoms with Crippen LogP contribution in [0, 0.1) is 0 Å². The summed E-state index contributed by atoms with van der Waals surface area (Å²) in [7, 11) is 0.669. The number of benzene rings is 2. The number of sulfonamides is 1. The molecule has 1 heterocycles. The highest BCUT2D eigenvalue weighted by molar-refractivity contribution is 7.89. The van der Waals surface area contributed by atoms with E-state index >= 15 is 0 Å². The predicted molar refractivity (Wildman–Crippen MR) is 120 cm³/mol. The molecule has 2 aromatic carbocycles. The molecule has 2 aromatic rings. The quantitative estimate of drug-likeness (QED) is 0.704. The molecule has 3 rings (SSSR count). The fourth-order valence-corrected chi connectivity index (χ4v) is 4.84. The van der Waals surface area contributed by atoms with Crippen LogP contribution in [0.5, 0.6) is 11.5 Å². The van der Waals surface area contributed by atoms with Gasteiger partial charge in [0.05, 0.1) is 19.3 Å². The summed E-state index contributed by atoms with van der Waals surface area (Å²) in [6.45, 7) is 3.39. The highest BCUT2D eigenvalue weighted by Gasteiger charge is 2.35. The van der Waals surface area contributed by atoms with E-state index in [2.05, 4.69) is 4.72 Å². The van der Waals surface area contributed by atoms with Gasteiger partial charge < -0.3 is 19.3 Å². The van der Waals surface area contributed by atoms with Crippen molar-refractivity contribution in [3.8, 4) is 11.5 Å². The van der Waals surface area contributed by atoms with E-state index in [0.29, 0.717) is 11.4 Å². The van der Waals surface area contributed by atoms with Gasteiger partial charge in [-0.25, -0.2) is 13.1 Å². The van der Waals surface area contributed by atoms with E-state index in [1.54, 1.807) is 52.2 Å². The van der Waals surface area contributed by atoms with E-state index in [1.165, 1.54) is 35.1 Å². The van der Waals surface area contributed by atoms with Gasteiger partial charge in [-0.2, -0.15) is 0 Å². The SMILES string of the molecule is COc1ccc(C(=O)N2C[C@@H](C(=O)N(C)C)Oc3ccccc32)cc1S(=O)(=O)NC(C)C. The van der Waals surface area contributed by atoms with Crippen LogP contribution in [0.1, 0.15) is 24.2 Å². The molecule has 0 bridgehead atoms. The Morgan fingerprint density at radius 2 is 1.88 bits per heavy atom. The number of para-hydroxylation sites is 2. The molecular weight excluding hydrogens is 434 g/mol. The van der Waals surface area contributed by atoms with E-state index < -0.39 is 22.0 Å². The Morgan fingerprint density at radius 3 is 2.50 bits per heavy atom. The first-order valence-corrected chi connectivity index (χ1v) is 11.5. The first-order chi connectivity index (χ1) is 15.0. The lowest BCUT2D eigenvalue weighted by Gasteiger charge is -2.35. The summed E-state index contributed by atoms with van der Waals surface area (Å²) in [5, 5.41) is 0. The van der Waals surface area contributed by atoms with E-state index in [-0.39, 0.29) is 34.7 Å². The lowest BCUT2D eigenvalue weighted by Crippen LogP contribution is -2.50. The third-order valence-electron chi connectivity index (χ3n) is 4.83. The van der Waals surface area contributed by atoms with E-state index in [9.17, 15) is 18.0 Å². The lowest BCUT2D eigenvalue weighted by atomic mass is 10.1. The van der Waals surface area contributed by atoms with Crippen molar-refractivity contribution < 1.29 is 27.5 Å². The fourth-order valence-electron chi connectivity index (χ4n) is 3.39. The number of ether oxygens (including phenoxy) is 2. The number of nitrogens with zero attached hydrogens (tertiary/aromatic N) is 2. The topological polar surface area (TPSA) is 105 Å². The van der Waals surface area contributed by atoms with Gasteiger partial charge in [-0.15, -0.1) is 0 Å². The van der Waals surface area contributed by atoms with Gasteiger partial charge in [0.1, 0.15) is 16.4 Å². The highest BCUT2D eigenvalue weighted by Crippen LogP contribution is 2.35. The average Bonchev–Trinajstić information content (AvgIpc) is 2.75. The minimum absolute atomic E-state index is 0.00871. The normalized spacial score (nSPS) is 15.7. The maximum absolute atomic E-state index is 13.5. The third-order valence-corrected chi connectivity index (χ3v) is 6.51. The average molecular weight is 462 g/mol. The third kappa shape index (κ3) is 4.71. The fraction of sp³-hybridized carbons (Fsp3) is 0.364. The molecular formula is C22H27N3O6S. The van der Waals surface area contributed by atoms with Crippen LogP contribution in [0.3, 0.4) is 0 Å². The van der Waals surface area contributed by atoms with E-state index in [1.807, 2.05) is 0 Å². The summed E-state index contributed by atoms with van der Waals surface area (Å²) in [5.41, 5.74) is 0.642. The van der Waals surface area contributed by atoms with Crippen LogP contribution in [0.2, 0.25) is 0 Å². The highest BCUT2D eigenvalue weighted by atomic mass is 32.2. The van der Waals surface area contributed by atoms with Gasteiger partial charge >= 0.3 is 0 Å². The Morgan fingerprint density at radius 1 is 1.19 bits per heavy atom. The molecule has 2 amide bonds. The molecule has 1 atom stereocenters. The number of likely N-dealkylation sites (N-methyl/N-ethyl adjacent to an activating group) is 1. The van der Waals surface area contributed by atoms with Crippen molar-refractivity contribution >= 4 is 27.5 Å². The van der Waals surface area contributed by atoms with Crippen LogP contribution >= 0.6 is 0 Å². The van der Waals surface area contributed by atoms with Gasteiger partial charge in [-0.05, 0) is 44.2 Å². The van der Waals surface area contributed by atoms with Crippen LogP contribution in [0.25, 0.3) is 0 Å². The van der Waals surface area contributed by atoms with Crippen molar-refractivity contribution in [1.82, 2.24) is 9.62 Å². The lowest BCUT2D eigenvalue weighted by molar-refractivity contribution is -0.135. The Balaban J connectivity index is 2.04. The van der Waals surface area contributed by atoms with Crippen LogP contribution in [0.4, 0.5) is 5.69 Å². The number of carbonyl (C=O) groups is 2. The van der Waals surface area contributed by atoms with Crippen molar-refractivity contribution in [2.45, 2.75) is 30.9 Å². The zero-order valence-corrected chi connectivity index (χ0v) is 19.5. The molecule has 0 spiro atoms. The summed E-state index contributed by atoms with van der Waals surface area (Å²) >= 11 is 0. The molecule has 0 aliphatic carbocycles. The first kappa shape index (κ1) is 23.6. The molecule has 0 unspecified atom stereocenters. The Labute approximate surface area is 188 Å². The number of carbonyl (C=O) groups excluding carboxylic acids is 2. The smallest absolute Gasteiger partial charge is 0.265 e. The van der Waals surface area contributed by atoms with Gasteiger partial charge in [-0.1, -0.05) is 12.1 Å². The molecule has 9 nitrogen and oxygen atoms in total. The van der Waals surface area contributed by atoms with Crippen LogP contribution in [0.15, 0.2) is 47.4 Å². The zero-order chi connectivity index (χ0) is 23.6. The number of amides is 2. The number of rotatable bonds is 6. The molecule has 1 N–H and O–H groups in total. The number of methoxy groups -OCH3 is 1. The molecule has 0 saturated heterocycles. The molecule has 172 valence electrons. The molecule has 10 heteroatoms. The van der Waals surface area contributed by atoms with Gasteiger partial charge in [0, 0.05) is 25.7 Å². The Hall–Kier alpha value is -3.11. The van der Waals surface area contributed by atoms with Crippen LogP contribution in [-0.4, -0.2) is 65.0 Å². The first-order valence-electron chi connectivity index (χ1n) is 10.0. The van der Waals surface area contributed by atoms with Crippen molar-refractivity contribution in [3.63, 3.8) is 0 Å². The van der Waals surface area contributed by atoms with Gasteiger partial charge in [0.15, 0.2) is 6.10 Å². The van der Waals surface area contributed by atoms with E-state index in [4.69, 9.17) is 9.47 Å². The van der Waals surface area contributed by atoms with Crippen molar-refractivity contribution in [2.75, 3.05) is 32.6 Å². The van der Waals surface area contributed by atoms with Crippen molar-refractivity contribution in [1.29, 1.82) is 0 Å². The summed E-state index contributed by atoms with van der Waals surface area (Å²) in [5.74, 6) is -0.217. The number of hydrogen-bond acceptors (Lipinski definition) is 6. The summed E-state index contributed by atoms with van der Waals surface area (Å²) in [6, 6.07) is 10.8. The van der Waals surface area contributed by atoms with E-state index in [0.717, 1.165) is 0 Å². The molecule has 0 saturated carbocycles. The molecule has 0 radical (unpaired) electrons. The molecule has 32 heavy (non-hydrogen) atoms. The van der Waals surface area contributed by atoms with Gasteiger partial charge in [-0.3, -0.25) is 9.59 Å². The second-order valence-corrected chi connectivity index (χ2v) is 9.55. The molecule has 0 aromatic heterocycles. The number of anilines is 1. The minimum Gasteiger partial charge on any atom is -0.495 e. The van der Waals surface area contributed by atoms with Crippen molar-refractivity contribution in [3.05, 3.63) is 48.0 Å². The molecule has 1 aliphatic rings. The Kier molecular flexibility index (Phi) is 6.75. The van der Waals surface area contributed by atoms with Gasteiger partial charge in [0.2, 0.25) is 10.0 Å². The minimum atomic E-state index is -3.92. The summed E-state index contributed by atoms with van der Waals surface area (Å²) in [6.07, 6.45) is -0.882. The van der Waals surface area contributed by atoms with Crippen molar-refractivity contribution in [2.24, 2.45) is 0 Å². The maximum Gasteiger partial charge on any atom is 0.265 e. The summed E-state index contributed by atoms with van der Waals surface area (Å²) in [4.78, 5) is 28.7. The number of hydrogen-bond donors (Lipinski definition) is 1. The molecule has 1 aliphatic heterocycles. The van der Waals surface area contributed by atoms with Crippen LogP contribution in [-0.2, 0) is 14.8 Å². The van der Waals surface area contributed by atoms with Crippen LogP contribution < -0.4 is 19.1 Å². The standard InChI is InChI=1S/C22H27N3O6S/c1-14(2)23-32(28,29)20-12-15(10-11-18(20)30-5)21(26)25-13-19(22(27)24(3)4)31-17-9-7-6-8-16(17)25/h6-12,14,19,23H,13H2,1-5H3/t19-/m0/s1. The van der Waals surface area contributed by atoms with Gasteiger partial charge in [0.25, 0.3) is 11.8 Å². The molecule has 0 fully saturated rings. The monoisotopic (exact) mass is 461 g/mol. The maximum atomic E-state index is 13.5. The second kappa shape index (κ2) is 9.17. The largest absolute Gasteiger partial charge is 0.495 e. The number of fused-ring (bicyclic) bond motifs is 1. The second-order valence-electron chi connectivity index (χ2n) is 7.86.